The average Bonchev–Trinajstić information content (AvgIpc) is 2.72. The van der Waals surface area contributed by atoms with Crippen LogP contribution in [-0.4, -0.2) is 18.4 Å². The number of amides is 2. The number of anilines is 1. The van der Waals surface area contributed by atoms with Crippen molar-refractivity contribution in [1.29, 1.82) is 0 Å². The van der Waals surface area contributed by atoms with Gasteiger partial charge in [0.05, 0.1) is 6.54 Å². The summed E-state index contributed by atoms with van der Waals surface area (Å²) in [5, 5.41) is 6.29. The van der Waals surface area contributed by atoms with Crippen LogP contribution in [0.15, 0.2) is 51.7 Å². The molecule has 156 valence electrons. The van der Waals surface area contributed by atoms with E-state index in [0.717, 1.165) is 34.2 Å². The molecule has 6 heteroatoms. The third-order valence-corrected chi connectivity index (χ3v) is 5.16. The lowest BCUT2D eigenvalue weighted by atomic mass is 10.0. The molecule has 1 heterocycles. The van der Waals surface area contributed by atoms with Gasteiger partial charge in [-0.15, -0.1) is 0 Å². The second-order valence-electron chi connectivity index (χ2n) is 7.33. The van der Waals surface area contributed by atoms with Crippen LogP contribution in [0.1, 0.15) is 35.6 Å². The molecular formula is C24H26N2O4. The normalized spacial score (nSPS) is 10.8. The van der Waals surface area contributed by atoms with Crippen molar-refractivity contribution in [2.24, 2.45) is 0 Å². The zero-order valence-electron chi connectivity index (χ0n) is 17.5. The Morgan fingerprint density at radius 1 is 1.03 bits per heavy atom. The number of para-hydroxylation sites is 1. The highest BCUT2D eigenvalue weighted by Gasteiger charge is 2.14. The maximum absolute atomic E-state index is 12.3. The van der Waals surface area contributed by atoms with E-state index in [9.17, 15) is 14.4 Å². The zero-order chi connectivity index (χ0) is 21.7. The summed E-state index contributed by atoms with van der Waals surface area (Å²) in [6, 6.07) is 13.3. The van der Waals surface area contributed by atoms with E-state index < -0.39 is 5.63 Å². The van der Waals surface area contributed by atoms with Crippen molar-refractivity contribution < 1.29 is 14.0 Å². The van der Waals surface area contributed by atoms with Gasteiger partial charge in [0, 0.05) is 23.1 Å². The highest BCUT2D eigenvalue weighted by Crippen LogP contribution is 2.21. The Hall–Kier alpha value is -3.41. The van der Waals surface area contributed by atoms with Crippen LogP contribution in [0.2, 0.25) is 0 Å². The number of benzene rings is 2. The molecule has 0 saturated heterocycles. The van der Waals surface area contributed by atoms with Gasteiger partial charge in [-0.2, -0.15) is 0 Å². The van der Waals surface area contributed by atoms with Crippen molar-refractivity contribution >= 4 is 28.5 Å². The standard InChI is InChI=1S/C24H26N2O4/c1-4-17-7-5-6-8-20(17)26-23(28)14-25-22(27)12-11-19-16(3)18-10-9-15(2)13-21(18)30-24(19)29/h5-10,13H,4,11-12,14H2,1-3H3,(H,25,27)(H,26,28). The van der Waals surface area contributed by atoms with Crippen molar-refractivity contribution in [3.05, 3.63) is 75.1 Å². The summed E-state index contributed by atoms with van der Waals surface area (Å²) >= 11 is 0. The number of hydrogen-bond donors (Lipinski definition) is 2. The number of hydrogen-bond acceptors (Lipinski definition) is 4. The van der Waals surface area contributed by atoms with Crippen molar-refractivity contribution in [1.82, 2.24) is 5.32 Å². The molecule has 0 bridgehead atoms. The third-order valence-electron chi connectivity index (χ3n) is 5.16. The molecule has 0 fully saturated rings. The monoisotopic (exact) mass is 406 g/mol. The number of rotatable bonds is 7. The Balaban J connectivity index is 1.58. The van der Waals surface area contributed by atoms with Gasteiger partial charge in [-0.05, 0) is 55.5 Å². The van der Waals surface area contributed by atoms with E-state index in [-0.39, 0.29) is 31.2 Å². The summed E-state index contributed by atoms with van der Waals surface area (Å²) in [6.07, 6.45) is 1.15. The Morgan fingerprint density at radius 3 is 2.57 bits per heavy atom. The quantitative estimate of drug-likeness (QED) is 0.586. The molecule has 2 amide bonds. The van der Waals surface area contributed by atoms with Gasteiger partial charge in [-0.25, -0.2) is 4.79 Å². The molecule has 6 nitrogen and oxygen atoms in total. The van der Waals surface area contributed by atoms with Crippen LogP contribution < -0.4 is 16.3 Å². The topological polar surface area (TPSA) is 88.4 Å². The Morgan fingerprint density at radius 2 is 1.80 bits per heavy atom. The van der Waals surface area contributed by atoms with Crippen molar-refractivity contribution in [3.63, 3.8) is 0 Å². The Bertz CT molecular complexity index is 1150. The van der Waals surface area contributed by atoms with E-state index in [0.29, 0.717) is 11.1 Å². The van der Waals surface area contributed by atoms with Crippen LogP contribution in [0, 0.1) is 13.8 Å². The van der Waals surface area contributed by atoms with E-state index in [2.05, 4.69) is 10.6 Å². The molecule has 0 aliphatic rings. The molecule has 3 rings (SSSR count). The Kier molecular flexibility index (Phi) is 6.67. The SMILES string of the molecule is CCc1ccccc1NC(=O)CNC(=O)CCc1c(C)c2ccc(C)cc2oc1=O. The fourth-order valence-corrected chi connectivity index (χ4v) is 3.44. The molecule has 0 radical (unpaired) electrons. The van der Waals surface area contributed by atoms with Crippen molar-refractivity contribution in [2.75, 3.05) is 11.9 Å². The molecule has 0 aliphatic carbocycles. The van der Waals surface area contributed by atoms with E-state index in [1.165, 1.54) is 0 Å². The molecule has 2 N–H and O–H groups in total. The lowest BCUT2D eigenvalue weighted by molar-refractivity contribution is -0.124. The number of fused-ring (bicyclic) bond motifs is 1. The van der Waals surface area contributed by atoms with Gasteiger partial charge in [-0.3, -0.25) is 9.59 Å². The molecular weight excluding hydrogens is 380 g/mol. The summed E-state index contributed by atoms with van der Waals surface area (Å²) < 4.78 is 5.42. The second-order valence-corrected chi connectivity index (χ2v) is 7.33. The number of carbonyl (C=O) groups excluding carboxylic acids is 2. The van der Waals surface area contributed by atoms with Gasteiger partial charge < -0.3 is 15.1 Å². The molecule has 30 heavy (non-hydrogen) atoms. The Labute approximate surface area is 175 Å². The molecule has 0 spiro atoms. The third kappa shape index (κ3) is 4.95. The van der Waals surface area contributed by atoms with Crippen molar-refractivity contribution in [3.8, 4) is 0 Å². The second kappa shape index (κ2) is 9.39. The molecule has 0 aliphatic heterocycles. The lowest BCUT2D eigenvalue weighted by Gasteiger charge is -2.11. The first kappa shape index (κ1) is 21.3. The van der Waals surface area contributed by atoms with Gasteiger partial charge in [-0.1, -0.05) is 37.3 Å². The first-order valence-electron chi connectivity index (χ1n) is 10.1. The van der Waals surface area contributed by atoms with E-state index in [4.69, 9.17) is 4.42 Å². The van der Waals surface area contributed by atoms with Crippen LogP contribution >= 0.6 is 0 Å². The summed E-state index contributed by atoms with van der Waals surface area (Å²) in [6.45, 7) is 5.69. The molecule has 3 aromatic rings. The van der Waals surface area contributed by atoms with Gasteiger partial charge in [0.1, 0.15) is 5.58 Å². The molecule has 0 unspecified atom stereocenters. The lowest BCUT2D eigenvalue weighted by Crippen LogP contribution is -2.33. The first-order valence-corrected chi connectivity index (χ1v) is 10.1. The van der Waals surface area contributed by atoms with Crippen LogP contribution in [0.25, 0.3) is 11.0 Å². The van der Waals surface area contributed by atoms with Gasteiger partial charge >= 0.3 is 5.63 Å². The average molecular weight is 406 g/mol. The minimum absolute atomic E-state index is 0.0990. The minimum Gasteiger partial charge on any atom is -0.423 e. The van der Waals surface area contributed by atoms with E-state index >= 15 is 0 Å². The molecule has 1 aromatic heterocycles. The molecule has 0 saturated carbocycles. The van der Waals surface area contributed by atoms with Crippen molar-refractivity contribution in [2.45, 2.75) is 40.0 Å². The minimum atomic E-state index is -0.424. The predicted octanol–water partition coefficient (Wildman–Crippen LogP) is 3.66. The zero-order valence-corrected chi connectivity index (χ0v) is 17.5. The summed E-state index contributed by atoms with van der Waals surface area (Å²) in [5.41, 5.74) is 4.23. The van der Waals surface area contributed by atoms with Crippen LogP contribution in [0.3, 0.4) is 0 Å². The van der Waals surface area contributed by atoms with E-state index in [1.807, 2.05) is 63.2 Å². The fourth-order valence-electron chi connectivity index (χ4n) is 3.44. The smallest absolute Gasteiger partial charge is 0.339 e. The summed E-state index contributed by atoms with van der Waals surface area (Å²) in [5.74, 6) is -0.585. The predicted molar refractivity (Wildman–Crippen MR) is 118 cm³/mol. The maximum atomic E-state index is 12.3. The first-order chi connectivity index (χ1) is 14.4. The van der Waals surface area contributed by atoms with Gasteiger partial charge in [0.2, 0.25) is 11.8 Å². The van der Waals surface area contributed by atoms with Gasteiger partial charge in [0.25, 0.3) is 0 Å². The van der Waals surface area contributed by atoms with Crippen LogP contribution in [-0.2, 0) is 22.4 Å². The fraction of sp³-hybridized carbons (Fsp3) is 0.292. The molecule has 2 aromatic carbocycles. The van der Waals surface area contributed by atoms with E-state index in [1.54, 1.807) is 0 Å². The summed E-state index contributed by atoms with van der Waals surface area (Å²) in [7, 11) is 0. The molecule has 0 atom stereocenters. The highest BCUT2D eigenvalue weighted by atomic mass is 16.4. The largest absolute Gasteiger partial charge is 0.423 e. The number of carbonyl (C=O) groups is 2. The number of nitrogens with one attached hydrogen (secondary N) is 2. The number of aryl methyl sites for hydroxylation is 3. The highest BCUT2D eigenvalue weighted by molar-refractivity contribution is 5.95. The van der Waals surface area contributed by atoms with Gasteiger partial charge in [0.15, 0.2) is 0 Å². The van der Waals surface area contributed by atoms with Crippen LogP contribution in [0.5, 0.6) is 0 Å². The van der Waals surface area contributed by atoms with Crippen LogP contribution in [0.4, 0.5) is 5.69 Å². The maximum Gasteiger partial charge on any atom is 0.339 e. The summed E-state index contributed by atoms with van der Waals surface area (Å²) in [4.78, 5) is 36.7.